The summed E-state index contributed by atoms with van der Waals surface area (Å²) in [7, 11) is -2.33. The number of rotatable bonds is 4. The second kappa shape index (κ2) is 5.67. The molecule has 5 nitrogen and oxygen atoms in total. The molecule has 1 aromatic rings. The maximum Gasteiger partial charge on any atom is 0.243 e. The average Bonchev–Trinajstić information content (AvgIpc) is 2.91. The maximum absolute atomic E-state index is 14.0. The zero-order valence-corrected chi connectivity index (χ0v) is 12.4. The van der Waals surface area contributed by atoms with Gasteiger partial charge in [-0.15, -0.1) is 0 Å². The molecule has 1 aliphatic heterocycles. The topological polar surface area (TPSA) is 72.6 Å². The molecule has 0 spiro atoms. The molecular formula is C13H19FN2O3S. The van der Waals surface area contributed by atoms with Gasteiger partial charge in [0.1, 0.15) is 0 Å². The van der Waals surface area contributed by atoms with Gasteiger partial charge in [-0.2, -0.15) is 4.31 Å². The van der Waals surface area contributed by atoms with Gasteiger partial charge in [0.2, 0.25) is 10.0 Å². The van der Waals surface area contributed by atoms with Crippen LogP contribution in [-0.2, 0) is 10.0 Å². The Morgan fingerprint density at radius 1 is 1.50 bits per heavy atom. The molecule has 7 heteroatoms. The number of halogens is 1. The van der Waals surface area contributed by atoms with E-state index in [1.807, 2.05) is 0 Å². The molecule has 1 aromatic carbocycles. The number of nitrogens with zero attached hydrogens (tertiary/aromatic N) is 1. The highest BCUT2D eigenvalue weighted by atomic mass is 32.2. The summed E-state index contributed by atoms with van der Waals surface area (Å²) < 4.78 is 45.3. The van der Waals surface area contributed by atoms with Gasteiger partial charge in [0.05, 0.1) is 12.0 Å². The predicted octanol–water partition coefficient (Wildman–Crippen LogP) is 1.11. The van der Waals surface area contributed by atoms with Gasteiger partial charge in [0.15, 0.2) is 11.6 Å². The molecule has 0 amide bonds. The van der Waals surface area contributed by atoms with Gasteiger partial charge < -0.3 is 10.5 Å². The summed E-state index contributed by atoms with van der Waals surface area (Å²) >= 11 is 0. The fourth-order valence-electron chi connectivity index (χ4n) is 2.43. The normalized spacial score (nSPS) is 20.3. The summed E-state index contributed by atoms with van der Waals surface area (Å²) in [6.07, 6.45) is 0.743. The second-order valence-corrected chi connectivity index (χ2v) is 6.86. The molecule has 1 saturated heterocycles. The quantitative estimate of drug-likeness (QED) is 0.904. The van der Waals surface area contributed by atoms with E-state index in [4.69, 9.17) is 10.5 Å². The van der Waals surface area contributed by atoms with Crippen molar-refractivity contribution in [3.8, 4) is 5.75 Å². The highest BCUT2D eigenvalue weighted by molar-refractivity contribution is 7.89. The Labute approximate surface area is 118 Å². The second-order valence-electron chi connectivity index (χ2n) is 4.96. The Bertz CT molecular complexity index is 604. The number of hydrogen-bond donors (Lipinski definition) is 1. The molecule has 0 aromatic heterocycles. The summed E-state index contributed by atoms with van der Waals surface area (Å²) in [5, 5.41) is 0. The van der Waals surface area contributed by atoms with Crippen molar-refractivity contribution in [3.63, 3.8) is 0 Å². The summed E-state index contributed by atoms with van der Waals surface area (Å²) in [6, 6.07) is 2.73. The summed E-state index contributed by atoms with van der Waals surface area (Å²) in [6.45, 7) is 2.73. The number of ether oxygens (including phenoxy) is 1. The molecule has 1 unspecified atom stereocenters. The van der Waals surface area contributed by atoms with Crippen LogP contribution in [0, 0.1) is 18.7 Å². The van der Waals surface area contributed by atoms with E-state index >= 15 is 0 Å². The molecule has 1 aliphatic rings. The summed E-state index contributed by atoms with van der Waals surface area (Å²) in [5.74, 6) is -0.418. The van der Waals surface area contributed by atoms with Crippen molar-refractivity contribution in [1.82, 2.24) is 4.31 Å². The molecule has 20 heavy (non-hydrogen) atoms. The lowest BCUT2D eigenvalue weighted by atomic mass is 10.1. The van der Waals surface area contributed by atoms with Crippen LogP contribution in [0.15, 0.2) is 17.0 Å². The van der Waals surface area contributed by atoms with Crippen molar-refractivity contribution in [2.45, 2.75) is 18.2 Å². The van der Waals surface area contributed by atoms with Gasteiger partial charge in [-0.25, -0.2) is 12.8 Å². The predicted molar refractivity (Wildman–Crippen MR) is 73.6 cm³/mol. The van der Waals surface area contributed by atoms with Gasteiger partial charge in [0.25, 0.3) is 0 Å². The minimum atomic E-state index is -3.68. The molecule has 2 N–H and O–H groups in total. The first-order valence-electron chi connectivity index (χ1n) is 6.45. The van der Waals surface area contributed by atoms with Gasteiger partial charge in [-0.1, -0.05) is 0 Å². The lowest BCUT2D eigenvalue weighted by Crippen LogP contribution is -2.30. The number of nitrogens with two attached hydrogens (primary N) is 1. The first-order chi connectivity index (χ1) is 9.41. The van der Waals surface area contributed by atoms with Crippen LogP contribution in [0.3, 0.4) is 0 Å². The molecule has 0 aliphatic carbocycles. The van der Waals surface area contributed by atoms with Crippen LogP contribution in [-0.4, -0.2) is 39.5 Å². The van der Waals surface area contributed by atoms with Crippen molar-refractivity contribution in [1.29, 1.82) is 0 Å². The van der Waals surface area contributed by atoms with Crippen LogP contribution < -0.4 is 10.5 Å². The highest BCUT2D eigenvalue weighted by Crippen LogP contribution is 2.30. The van der Waals surface area contributed by atoms with Crippen LogP contribution in [0.2, 0.25) is 0 Å². The van der Waals surface area contributed by atoms with E-state index in [1.165, 1.54) is 30.5 Å². The van der Waals surface area contributed by atoms with Gasteiger partial charge >= 0.3 is 0 Å². The van der Waals surface area contributed by atoms with Crippen LogP contribution >= 0.6 is 0 Å². The van der Waals surface area contributed by atoms with Gasteiger partial charge in [0, 0.05) is 18.7 Å². The van der Waals surface area contributed by atoms with Crippen LogP contribution in [0.4, 0.5) is 4.39 Å². The minimum absolute atomic E-state index is 0.00604. The maximum atomic E-state index is 14.0. The standard InChI is InChI=1S/C13H19FN2O3S/c1-9-12(4-3-11(19-2)13(9)14)20(17,18)16-6-5-10(7-15)8-16/h3-4,10H,5-8,15H2,1-2H3. The largest absolute Gasteiger partial charge is 0.494 e. The van der Waals surface area contributed by atoms with Gasteiger partial charge in [-0.3, -0.25) is 0 Å². The molecule has 0 saturated carbocycles. The average molecular weight is 302 g/mol. The third-order valence-corrected chi connectivity index (χ3v) is 5.73. The molecule has 2 rings (SSSR count). The first-order valence-corrected chi connectivity index (χ1v) is 7.89. The van der Waals surface area contributed by atoms with E-state index in [2.05, 4.69) is 0 Å². The molecule has 1 heterocycles. The van der Waals surface area contributed by atoms with E-state index in [9.17, 15) is 12.8 Å². The monoisotopic (exact) mass is 302 g/mol. The lowest BCUT2D eigenvalue weighted by molar-refractivity contribution is 0.383. The number of methoxy groups -OCH3 is 1. The molecule has 0 bridgehead atoms. The highest BCUT2D eigenvalue weighted by Gasteiger charge is 2.33. The summed E-state index contributed by atoms with van der Waals surface area (Å²) in [5.41, 5.74) is 5.66. The Hall–Kier alpha value is -1.18. The van der Waals surface area contributed by atoms with E-state index in [0.29, 0.717) is 19.6 Å². The van der Waals surface area contributed by atoms with Crippen molar-refractivity contribution in [2.75, 3.05) is 26.7 Å². The molecular weight excluding hydrogens is 283 g/mol. The minimum Gasteiger partial charge on any atom is -0.494 e. The van der Waals surface area contributed by atoms with E-state index < -0.39 is 15.8 Å². The van der Waals surface area contributed by atoms with Crippen LogP contribution in [0.1, 0.15) is 12.0 Å². The van der Waals surface area contributed by atoms with Crippen molar-refractivity contribution >= 4 is 10.0 Å². The lowest BCUT2D eigenvalue weighted by Gasteiger charge is -2.18. The zero-order valence-electron chi connectivity index (χ0n) is 11.6. The first kappa shape index (κ1) is 15.2. The van der Waals surface area contributed by atoms with E-state index in [-0.39, 0.29) is 22.1 Å². The number of hydrogen-bond acceptors (Lipinski definition) is 4. The third kappa shape index (κ3) is 2.53. The summed E-state index contributed by atoms with van der Waals surface area (Å²) in [4.78, 5) is -0.00604. The van der Waals surface area contributed by atoms with Crippen molar-refractivity contribution in [3.05, 3.63) is 23.5 Å². The van der Waals surface area contributed by atoms with Crippen molar-refractivity contribution in [2.24, 2.45) is 11.7 Å². The fraction of sp³-hybridized carbons (Fsp3) is 0.538. The Kier molecular flexibility index (Phi) is 4.31. The van der Waals surface area contributed by atoms with Gasteiger partial charge in [-0.05, 0) is 37.9 Å². The Balaban J connectivity index is 2.38. The molecule has 0 radical (unpaired) electrons. The fourth-order valence-corrected chi connectivity index (χ4v) is 4.17. The Morgan fingerprint density at radius 3 is 2.75 bits per heavy atom. The third-order valence-electron chi connectivity index (χ3n) is 3.72. The van der Waals surface area contributed by atoms with E-state index in [1.54, 1.807) is 0 Å². The molecule has 1 atom stereocenters. The Morgan fingerprint density at radius 2 is 2.20 bits per heavy atom. The van der Waals surface area contributed by atoms with Crippen LogP contribution in [0.5, 0.6) is 5.75 Å². The van der Waals surface area contributed by atoms with Crippen LogP contribution in [0.25, 0.3) is 0 Å². The SMILES string of the molecule is COc1ccc(S(=O)(=O)N2CCC(CN)C2)c(C)c1F. The molecule has 112 valence electrons. The molecule has 1 fully saturated rings. The zero-order chi connectivity index (χ0) is 14.9. The smallest absolute Gasteiger partial charge is 0.243 e. The number of sulfonamides is 1. The van der Waals surface area contributed by atoms with Crippen molar-refractivity contribution < 1.29 is 17.5 Å². The number of benzene rings is 1. The van der Waals surface area contributed by atoms with E-state index in [0.717, 1.165) is 6.42 Å².